The second kappa shape index (κ2) is 3.91. The summed E-state index contributed by atoms with van der Waals surface area (Å²) < 4.78 is 2.27. The van der Waals surface area contributed by atoms with Crippen LogP contribution in [0.5, 0.6) is 0 Å². The molecule has 3 nitrogen and oxygen atoms in total. The summed E-state index contributed by atoms with van der Waals surface area (Å²) in [6.07, 6.45) is 6.22. The molecular weight excluding hydrogens is 212 g/mol. The zero-order valence-electron chi connectivity index (χ0n) is 9.94. The molecule has 1 aliphatic carbocycles. The van der Waals surface area contributed by atoms with E-state index in [-0.39, 0.29) is 6.04 Å². The first-order valence-electron chi connectivity index (χ1n) is 6.11. The van der Waals surface area contributed by atoms with Crippen molar-refractivity contribution >= 4 is 11.9 Å². The van der Waals surface area contributed by atoms with Gasteiger partial charge in [0.2, 0.25) is 6.41 Å². The molecule has 0 radical (unpaired) electrons. The Kier molecular flexibility index (Phi) is 2.39. The lowest BCUT2D eigenvalue weighted by Crippen LogP contribution is -2.24. The van der Waals surface area contributed by atoms with Crippen molar-refractivity contribution < 1.29 is 4.79 Å². The normalized spacial score (nSPS) is 19.0. The Balaban J connectivity index is 2.25. The summed E-state index contributed by atoms with van der Waals surface area (Å²) in [5.41, 5.74) is 5.26. The maximum Gasteiger partial charge on any atom is 0.207 e. The van der Waals surface area contributed by atoms with Crippen LogP contribution in [-0.4, -0.2) is 10.8 Å². The highest BCUT2D eigenvalue weighted by molar-refractivity contribution is 5.63. The van der Waals surface area contributed by atoms with Crippen molar-refractivity contribution in [3.8, 4) is 0 Å². The van der Waals surface area contributed by atoms with E-state index in [1.807, 2.05) is 0 Å². The second-order valence-corrected chi connectivity index (χ2v) is 4.67. The molecule has 1 amide bonds. The predicted molar refractivity (Wildman–Crippen MR) is 67.0 cm³/mol. The van der Waals surface area contributed by atoms with Crippen LogP contribution in [-0.2, 0) is 11.2 Å². The van der Waals surface area contributed by atoms with E-state index in [1.165, 1.54) is 22.3 Å². The molecule has 0 aliphatic heterocycles. The van der Waals surface area contributed by atoms with Gasteiger partial charge in [0.25, 0.3) is 0 Å². The average Bonchev–Trinajstić information content (AvgIpc) is 2.66. The Hall–Kier alpha value is -1.77. The first kappa shape index (κ1) is 10.4. The summed E-state index contributed by atoms with van der Waals surface area (Å²) in [6, 6.07) is 6.46. The lowest BCUT2D eigenvalue weighted by atomic mass is 9.90. The van der Waals surface area contributed by atoms with Gasteiger partial charge in [-0.3, -0.25) is 4.79 Å². The van der Waals surface area contributed by atoms with Gasteiger partial charge >= 0.3 is 0 Å². The number of nitrogens with one attached hydrogen (secondary N) is 1. The van der Waals surface area contributed by atoms with E-state index in [2.05, 4.69) is 41.0 Å². The van der Waals surface area contributed by atoms with Gasteiger partial charge in [0.05, 0.1) is 6.04 Å². The predicted octanol–water partition coefficient (Wildman–Crippen LogP) is 2.37. The summed E-state index contributed by atoms with van der Waals surface area (Å²) in [7, 11) is 0. The molecular formula is C14H16N2O. The molecule has 0 spiro atoms. The van der Waals surface area contributed by atoms with Crippen LogP contribution in [0, 0.1) is 6.92 Å². The third kappa shape index (κ3) is 1.46. The number of fused-ring (bicyclic) bond motifs is 3. The Morgan fingerprint density at radius 3 is 3.18 bits per heavy atom. The molecule has 1 N–H and O–H groups in total. The largest absolute Gasteiger partial charge is 0.352 e. The van der Waals surface area contributed by atoms with Crippen LogP contribution in [0.2, 0.25) is 0 Å². The van der Waals surface area contributed by atoms with Gasteiger partial charge in [-0.05, 0) is 49.4 Å². The lowest BCUT2D eigenvalue weighted by molar-refractivity contribution is -0.110. The van der Waals surface area contributed by atoms with Gasteiger partial charge in [-0.15, -0.1) is 0 Å². The maximum atomic E-state index is 10.7. The van der Waals surface area contributed by atoms with E-state index in [0.29, 0.717) is 0 Å². The number of amides is 1. The van der Waals surface area contributed by atoms with Crippen LogP contribution in [0.25, 0.3) is 5.52 Å². The van der Waals surface area contributed by atoms with Crippen LogP contribution < -0.4 is 5.32 Å². The van der Waals surface area contributed by atoms with E-state index < -0.39 is 0 Å². The molecule has 88 valence electrons. The fourth-order valence-corrected chi connectivity index (χ4v) is 3.05. The number of pyridine rings is 1. The topological polar surface area (TPSA) is 33.5 Å². The lowest BCUT2D eigenvalue weighted by Gasteiger charge is -2.23. The van der Waals surface area contributed by atoms with Crippen molar-refractivity contribution in [2.24, 2.45) is 0 Å². The molecule has 0 saturated heterocycles. The van der Waals surface area contributed by atoms with Gasteiger partial charge in [-0.2, -0.15) is 0 Å². The van der Waals surface area contributed by atoms with Crippen molar-refractivity contribution in [1.29, 1.82) is 0 Å². The highest BCUT2D eigenvalue weighted by Crippen LogP contribution is 2.35. The first-order valence-corrected chi connectivity index (χ1v) is 6.11. The van der Waals surface area contributed by atoms with Gasteiger partial charge in [0, 0.05) is 17.4 Å². The molecule has 3 heteroatoms. The zero-order chi connectivity index (χ0) is 11.8. The van der Waals surface area contributed by atoms with Crippen molar-refractivity contribution in [3.63, 3.8) is 0 Å². The van der Waals surface area contributed by atoms with Crippen molar-refractivity contribution in [2.75, 3.05) is 0 Å². The molecule has 3 rings (SSSR count). The highest BCUT2D eigenvalue weighted by atomic mass is 16.1. The minimum absolute atomic E-state index is 0.191. The summed E-state index contributed by atoms with van der Waals surface area (Å²) >= 11 is 0. The molecule has 0 aromatic carbocycles. The van der Waals surface area contributed by atoms with Crippen molar-refractivity contribution in [3.05, 3.63) is 41.2 Å². The number of carbonyl (C=O) groups is 1. The van der Waals surface area contributed by atoms with E-state index in [9.17, 15) is 4.79 Å². The number of hydrogen-bond acceptors (Lipinski definition) is 1. The van der Waals surface area contributed by atoms with Gasteiger partial charge in [0.15, 0.2) is 0 Å². The molecule has 0 bridgehead atoms. The standard InChI is InChI=1S/C14H16N2O/c1-10-12-6-2-3-8-16(12)13-7-4-5-11(14(10)13)15-9-17/h2-3,6,8-9,11H,4-5,7H2,1H3,(H,15,17). The van der Waals surface area contributed by atoms with E-state index in [1.54, 1.807) is 0 Å². The molecule has 2 heterocycles. The molecule has 0 saturated carbocycles. The number of aromatic nitrogens is 1. The minimum atomic E-state index is 0.191. The highest BCUT2D eigenvalue weighted by Gasteiger charge is 2.25. The van der Waals surface area contributed by atoms with Gasteiger partial charge in [-0.1, -0.05) is 6.07 Å². The second-order valence-electron chi connectivity index (χ2n) is 4.67. The number of nitrogens with zero attached hydrogens (tertiary/aromatic N) is 1. The molecule has 1 unspecified atom stereocenters. The maximum absolute atomic E-state index is 10.7. The molecule has 2 aromatic rings. The van der Waals surface area contributed by atoms with Crippen LogP contribution in [0.3, 0.4) is 0 Å². The zero-order valence-corrected chi connectivity index (χ0v) is 9.94. The SMILES string of the molecule is Cc1c2c(n3ccccc13)CCCC2NC=O. The fraction of sp³-hybridized carbons (Fsp3) is 0.357. The number of hydrogen-bond donors (Lipinski definition) is 1. The fourth-order valence-electron chi connectivity index (χ4n) is 3.05. The summed E-state index contributed by atoms with van der Waals surface area (Å²) in [5, 5.41) is 2.95. The van der Waals surface area contributed by atoms with Gasteiger partial charge < -0.3 is 9.72 Å². The molecule has 1 atom stereocenters. The molecule has 1 aliphatic rings. The Morgan fingerprint density at radius 1 is 1.47 bits per heavy atom. The van der Waals surface area contributed by atoms with Crippen LogP contribution in [0.4, 0.5) is 0 Å². The van der Waals surface area contributed by atoms with E-state index in [4.69, 9.17) is 0 Å². The van der Waals surface area contributed by atoms with Gasteiger partial charge in [0.1, 0.15) is 0 Å². The number of aryl methyl sites for hydroxylation is 2. The summed E-state index contributed by atoms with van der Waals surface area (Å²) in [5.74, 6) is 0. The monoisotopic (exact) mass is 228 g/mol. The smallest absolute Gasteiger partial charge is 0.207 e. The average molecular weight is 228 g/mol. The van der Waals surface area contributed by atoms with Crippen LogP contribution in [0.1, 0.15) is 35.7 Å². The number of rotatable bonds is 2. The van der Waals surface area contributed by atoms with E-state index >= 15 is 0 Å². The van der Waals surface area contributed by atoms with Crippen LogP contribution >= 0.6 is 0 Å². The third-order valence-corrected chi connectivity index (χ3v) is 3.77. The summed E-state index contributed by atoms with van der Waals surface area (Å²) in [4.78, 5) is 10.7. The quantitative estimate of drug-likeness (QED) is 0.787. The summed E-state index contributed by atoms with van der Waals surface area (Å²) in [6.45, 7) is 2.15. The Morgan fingerprint density at radius 2 is 2.35 bits per heavy atom. The Labute approximate surface area is 100 Å². The van der Waals surface area contributed by atoms with Crippen molar-refractivity contribution in [1.82, 2.24) is 9.72 Å². The van der Waals surface area contributed by atoms with Crippen LogP contribution in [0.15, 0.2) is 24.4 Å². The van der Waals surface area contributed by atoms with E-state index in [0.717, 1.165) is 25.7 Å². The van der Waals surface area contributed by atoms with Gasteiger partial charge in [-0.25, -0.2) is 0 Å². The van der Waals surface area contributed by atoms with Crippen molar-refractivity contribution in [2.45, 2.75) is 32.2 Å². The number of carbonyl (C=O) groups excluding carboxylic acids is 1. The first-order chi connectivity index (χ1) is 8.33. The third-order valence-electron chi connectivity index (χ3n) is 3.77. The molecule has 0 fully saturated rings. The Bertz CT molecular complexity index is 571. The molecule has 2 aromatic heterocycles. The minimum Gasteiger partial charge on any atom is -0.352 e. The molecule has 17 heavy (non-hydrogen) atoms.